The molecule has 7 rings (SSSR count). The lowest BCUT2D eigenvalue weighted by Gasteiger charge is -2.27. The van der Waals surface area contributed by atoms with Crippen molar-refractivity contribution in [3.8, 4) is 17.1 Å². The number of halogens is 3. The molecule has 1 aliphatic carbocycles. The Morgan fingerprint density at radius 1 is 1.09 bits per heavy atom. The Kier molecular flexibility index (Phi) is 7.43. The largest absolute Gasteiger partial charge is 0.473 e. The molecule has 0 amide bonds. The van der Waals surface area contributed by atoms with E-state index in [-0.39, 0.29) is 19.1 Å². The maximum Gasteiger partial charge on any atom is 0.348 e. The van der Waals surface area contributed by atoms with Gasteiger partial charge in [0.25, 0.3) is 6.01 Å². The van der Waals surface area contributed by atoms with Gasteiger partial charge in [-0.25, -0.2) is 19.2 Å². The van der Waals surface area contributed by atoms with Crippen LogP contribution in [0.2, 0.25) is 5.02 Å². The first-order valence-corrected chi connectivity index (χ1v) is 15.1. The lowest BCUT2D eigenvalue weighted by atomic mass is 9.97. The molecule has 4 aromatic heterocycles. The van der Waals surface area contributed by atoms with Crippen molar-refractivity contribution in [3.63, 3.8) is 0 Å². The number of fused-ring (bicyclic) bond motifs is 2. The molecule has 0 bridgehead atoms. The molecule has 0 unspecified atom stereocenters. The average molecular weight is 636 g/mol. The quantitative estimate of drug-likeness (QED) is 0.150. The van der Waals surface area contributed by atoms with Gasteiger partial charge in [-0.2, -0.15) is 9.12 Å². The second-order valence-corrected chi connectivity index (χ2v) is 11.8. The van der Waals surface area contributed by atoms with Crippen molar-refractivity contribution in [2.75, 3.05) is 7.11 Å². The summed E-state index contributed by atoms with van der Waals surface area (Å²) < 4.78 is 46.7. The van der Waals surface area contributed by atoms with Gasteiger partial charge in [-0.05, 0) is 49.1 Å². The van der Waals surface area contributed by atoms with Crippen LogP contribution in [0.5, 0.6) is 5.88 Å². The number of pyridine rings is 1. The summed E-state index contributed by atoms with van der Waals surface area (Å²) >= 11 is 7.36. The number of benzene rings is 2. The van der Waals surface area contributed by atoms with Crippen molar-refractivity contribution in [3.05, 3.63) is 99.3 Å². The topological polar surface area (TPSA) is 88.6 Å². The molecule has 44 heavy (non-hydrogen) atoms. The van der Waals surface area contributed by atoms with Crippen LogP contribution in [-0.2, 0) is 17.8 Å². The van der Waals surface area contributed by atoms with Gasteiger partial charge in [0.05, 0.1) is 17.8 Å². The number of thiophene rings is 1. The SMILES string of the molecule is COC(=O)c1cc2c(nc(Cc3ccc(-c4cccc(OCc5ccc(Cl)c6cc(F)oc56)n4)cc3F)n2OC2CCC2)s1. The van der Waals surface area contributed by atoms with E-state index in [9.17, 15) is 9.18 Å². The summed E-state index contributed by atoms with van der Waals surface area (Å²) in [6.07, 6.45) is 3.17. The van der Waals surface area contributed by atoms with Crippen LogP contribution < -0.4 is 9.57 Å². The maximum absolute atomic E-state index is 15.5. The summed E-state index contributed by atoms with van der Waals surface area (Å²) in [7, 11) is 1.33. The number of imidazole rings is 1. The van der Waals surface area contributed by atoms with Crippen molar-refractivity contribution in [1.82, 2.24) is 14.7 Å². The highest BCUT2D eigenvalue weighted by Gasteiger charge is 2.25. The Labute approximate surface area is 258 Å². The minimum atomic E-state index is -0.734. The molecule has 0 atom stereocenters. The standard InChI is InChI=1S/C32H24ClF2N3O5S/c1-40-32(39)26-15-25-31(44-26)37-28(38(25)43-20-4-2-5-20)13-17-8-9-18(12-23(17)34)24-6-3-7-29(36-24)41-16-19-10-11-22(33)21-14-27(35)42-30(19)21/h3,6-12,14-15,20H,2,4-5,13,16H2,1H3. The molecule has 8 nitrogen and oxygen atoms in total. The normalized spacial score (nSPS) is 13.4. The second kappa shape index (κ2) is 11.5. The third-order valence-electron chi connectivity index (χ3n) is 7.55. The van der Waals surface area contributed by atoms with E-state index in [1.165, 1.54) is 30.6 Å². The van der Waals surface area contributed by atoms with E-state index < -0.39 is 17.8 Å². The van der Waals surface area contributed by atoms with Gasteiger partial charge in [-0.3, -0.25) is 0 Å². The predicted molar refractivity (Wildman–Crippen MR) is 161 cm³/mol. The highest BCUT2D eigenvalue weighted by molar-refractivity contribution is 7.20. The number of hydrogen-bond acceptors (Lipinski definition) is 8. The number of esters is 1. The summed E-state index contributed by atoms with van der Waals surface area (Å²) in [4.78, 5) is 28.5. The molecular formula is C32H24ClF2N3O5S. The lowest BCUT2D eigenvalue weighted by molar-refractivity contribution is -0.00689. The first-order valence-electron chi connectivity index (χ1n) is 13.9. The Bertz CT molecular complexity index is 2030. The van der Waals surface area contributed by atoms with Crippen LogP contribution in [0.1, 0.15) is 45.9 Å². The highest BCUT2D eigenvalue weighted by Crippen LogP contribution is 2.32. The Hall–Kier alpha value is -4.48. The number of nitrogens with zero attached hydrogens (tertiary/aromatic N) is 3. The average Bonchev–Trinajstić information content (AvgIpc) is 3.68. The molecule has 12 heteroatoms. The molecule has 224 valence electrons. The highest BCUT2D eigenvalue weighted by atomic mass is 35.5. The van der Waals surface area contributed by atoms with Crippen molar-refractivity contribution >= 4 is 50.2 Å². The van der Waals surface area contributed by atoms with Gasteiger partial charge in [0, 0.05) is 35.1 Å². The number of hydrogen-bond donors (Lipinski definition) is 0. The molecule has 0 aliphatic heterocycles. The van der Waals surface area contributed by atoms with E-state index in [1.807, 2.05) is 0 Å². The Balaban J connectivity index is 1.11. The zero-order valence-electron chi connectivity index (χ0n) is 23.3. The Morgan fingerprint density at radius 3 is 2.70 bits per heavy atom. The molecular weight excluding hydrogens is 612 g/mol. The number of rotatable bonds is 9. The summed E-state index contributed by atoms with van der Waals surface area (Å²) in [6, 6.07) is 15.7. The van der Waals surface area contributed by atoms with E-state index in [1.54, 1.807) is 53.3 Å². The van der Waals surface area contributed by atoms with Gasteiger partial charge < -0.3 is 18.7 Å². The first kappa shape index (κ1) is 28.3. The van der Waals surface area contributed by atoms with E-state index >= 15 is 4.39 Å². The number of methoxy groups -OCH3 is 1. The van der Waals surface area contributed by atoms with Crippen molar-refractivity contribution in [2.24, 2.45) is 0 Å². The number of carbonyl (C=O) groups excluding carboxylic acids is 1. The lowest BCUT2D eigenvalue weighted by Crippen LogP contribution is -2.32. The van der Waals surface area contributed by atoms with Gasteiger partial charge in [0.1, 0.15) is 39.3 Å². The summed E-state index contributed by atoms with van der Waals surface area (Å²) in [5.74, 6) is -0.00775. The Morgan fingerprint density at radius 2 is 1.93 bits per heavy atom. The van der Waals surface area contributed by atoms with Crippen molar-refractivity contribution < 1.29 is 32.3 Å². The molecule has 0 N–H and O–H groups in total. The zero-order chi connectivity index (χ0) is 30.4. The van der Waals surface area contributed by atoms with Crippen LogP contribution in [0, 0.1) is 11.8 Å². The predicted octanol–water partition coefficient (Wildman–Crippen LogP) is 7.78. The number of furan rings is 1. The zero-order valence-corrected chi connectivity index (χ0v) is 24.9. The van der Waals surface area contributed by atoms with Crippen LogP contribution in [0.3, 0.4) is 0 Å². The smallest absolute Gasteiger partial charge is 0.348 e. The fraction of sp³-hybridized carbons (Fsp3) is 0.219. The third kappa shape index (κ3) is 5.37. The fourth-order valence-electron chi connectivity index (χ4n) is 5.01. The van der Waals surface area contributed by atoms with Gasteiger partial charge in [0.15, 0.2) is 5.82 Å². The van der Waals surface area contributed by atoms with Crippen LogP contribution in [0.15, 0.2) is 65.1 Å². The van der Waals surface area contributed by atoms with Gasteiger partial charge >= 0.3 is 5.97 Å². The fourth-order valence-corrected chi connectivity index (χ4v) is 6.16. The molecule has 2 aromatic carbocycles. The van der Waals surface area contributed by atoms with E-state index in [2.05, 4.69) is 9.97 Å². The minimum absolute atomic E-state index is 0.0476. The molecule has 1 saturated carbocycles. The third-order valence-corrected chi connectivity index (χ3v) is 8.88. The molecule has 0 radical (unpaired) electrons. The molecule has 0 spiro atoms. The van der Waals surface area contributed by atoms with Gasteiger partial charge in [-0.15, -0.1) is 11.3 Å². The van der Waals surface area contributed by atoms with Crippen molar-refractivity contribution in [1.29, 1.82) is 0 Å². The molecule has 1 fully saturated rings. The first-order chi connectivity index (χ1) is 21.4. The molecule has 4 heterocycles. The van der Waals surface area contributed by atoms with E-state index in [4.69, 9.17) is 30.3 Å². The van der Waals surface area contributed by atoms with E-state index in [0.717, 1.165) is 19.3 Å². The van der Waals surface area contributed by atoms with Crippen LogP contribution in [0.4, 0.5) is 8.78 Å². The maximum atomic E-state index is 15.5. The summed E-state index contributed by atoms with van der Waals surface area (Å²) in [5.41, 5.74) is 3.10. The number of aromatic nitrogens is 3. The molecule has 0 saturated heterocycles. The molecule has 6 aromatic rings. The van der Waals surface area contributed by atoms with Gasteiger partial charge in [0.2, 0.25) is 5.88 Å². The summed E-state index contributed by atoms with van der Waals surface area (Å²) in [5, 5.41) is 0.842. The van der Waals surface area contributed by atoms with E-state index in [0.29, 0.717) is 65.3 Å². The molecule has 1 aliphatic rings. The van der Waals surface area contributed by atoms with Crippen LogP contribution in [-0.4, -0.2) is 33.9 Å². The van der Waals surface area contributed by atoms with Crippen LogP contribution in [0.25, 0.3) is 32.6 Å². The van der Waals surface area contributed by atoms with Crippen molar-refractivity contribution in [2.45, 2.75) is 38.4 Å². The minimum Gasteiger partial charge on any atom is -0.473 e. The second-order valence-electron chi connectivity index (χ2n) is 10.4. The number of carbonyl (C=O) groups is 1. The van der Waals surface area contributed by atoms with Gasteiger partial charge in [-0.1, -0.05) is 35.9 Å². The summed E-state index contributed by atoms with van der Waals surface area (Å²) in [6.45, 7) is 0.0680. The monoisotopic (exact) mass is 635 g/mol. The number of ether oxygens (including phenoxy) is 2. The van der Waals surface area contributed by atoms with Crippen LogP contribution >= 0.6 is 22.9 Å².